The third kappa shape index (κ3) is 4.36. The molecule has 0 aliphatic rings. The Morgan fingerprint density at radius 1 is 1.33 bits per heavy atom. The normalized spacial score (nSPS) is 10.5. The van der Waals surface area contributed by atoms with E-state index in [4.69, 9.17) is 10.5 Å². The lowest BCUT2D eigenvalue weighted by atomic mass is 10.2. The fourth-order valence-corrected chi connectivity index (χ4v) is 3.03. The van der Waals surface area contributed by atoms with Gasteiger partial charge in [0.2, 0.25) is 0 Å². The van der Waals surface area contributed by atoms with Crippen molar-refractivity contribution in [1.29, 1.82) is 0 Å². The molecule has 0 fully saturated rings. The highest BCUT2D eigenvalue weighted by atomic mass is 32.1. The maximum absolute atomic E-state index is 12.3. The van der Waals surface area contributed by atoms with Crippen LogP contribution in [0.15, 0.2) is 52.8 Å². The first kappa shape index (κ1) is 18.3. The van der Waals surface area contributed by atoms with Crippen molar-refractivity contribution >= 4 is 22.9 Å². The third-order valence-corrected chi connectivity index (χ3v) is 4.46. The second kappa shape index (κ2) is 7.79. The predicted octanol–water partition coefficient (Wildman–Crippen LogP) is 1.94. The minimum absolute atomic E-state index is 0.0252. The molecule has 1 aromatic carbocycles. The summed E-state index contributed by atoms with van der Waals surface area (Å²) in [5.41, 5.74) is 4.12. The van der Waals surface area contributed by atoms with Crippen molar-refractivity contribution in [2.24, 2.45) is 5.73 Å². The Hall–Kier alpha value is -3.53. The summed E-state index contributed by atoms with van der Waals surface area (Å²) in [6.07, 6.45) is 1.06. The largest absolute Gasteiger partial charge is 0.486 e. The molecule has 2 N–H and O–H groups in total. The number of benzene rings is 1. The number of carbonyl (C=O) groups is 1. The number of hydrogen-bond acceptors (Lipinski definition) is 7. The monoisotopic (exact) mass is 386 g/mol. The van der Waals surface area contributed by atoms with Crippen molar-refractivity contribution in [1.82, 2.24) is 9.55 Å². The number of rotatable bonds is 7. The van der Waals surface area contributed by atoms with E-state index in [-0.39, 0.29) is 13.2 Å². The molecule has 3 rings (SSSR count). The zero-order chi connectivity index (χ0) is 19.4. The van der Waals surface area contributed by atoms with E-state index in [9.17, 15) is 19.7 Å². The van der Waals surface area contributed by atoms with Crippen LogP contribution in [0.4, 0.5) is 5.69 Å². The summed E-state index contributed by atoms with van der Waals surface area (Å²) in [5.74, 6) is -0.317. The van der Waals surface area contributed by atoms with Gasteiger partial charge in [0, 0.05) is 11.4 Å². The predicted molar refractivity (Wildman–Crippen MR) is 97.9 cm³/mol. The van der Waals surface area contributed by atoms with Crippen LogP contribution in [-0.2, 0) is 13.2 Å². The number of pyridine rings is 1. The molecule has 9 nitrogen and oxygen atoms in total. The molecule has 1 amide bonds. The van der Waals surface area contributed by atoms with Crippen molar-refractivity contribution in [3.05, 3.63) is 84.7 Å². The number of nitro groups is 1. The second-order valence-electron chi connectivity index (χ2n) is 5.50. The average molecular weight is 386 g/mol. The van der Waals surface area contributed by atoms with E-state index >= 15 is 0 Å². The van der Waals surface area contributed by atoms with E-state index < -0.39 is 27.6 Å². The molecular weight excluding hydrogens is 372 g/mol. The Labute approximate surface area is 156 Å². The fraction of sp³-hybridized carbons (Fsp3) is 0.118. The van der Waals surface area contributed by atoms with Crippen molar-refractivity contribution in [2.75, 3.05) is 0 Å². The minimum Gasteiger partial charge on any atom is -0.486 e. The molecule has 0 bridgehead atoms. The van der Waals surface area contributed by atoms with Crippen LogP contribution in [0.5, 0.6) is 5.75 Å². The molecule has 0 atom stereocenters. The van der Waals surface area contributed by atoms with Crippen LogP contribution in [0, 0.1) is 10.1 Å². The van der Waals surface area contributed by atoms with E-state index in [1.54, 1.807) is 5.38 Å². The molecule has 2 aromatic heterocycles. The zero-order valence-corrected chi connectivity index (χ0v) is 14.7. The number of ether oxygens (including phenoxy) is 1. The zero-order valence-electron chi connectivity index (χ0n) is 13.9. The van der Waals surface area contributed by atoms with Gasteiger partial charge in [-0.3, -0.25) is 19.7 Å². The molecule has 0 aliphatic heterocycles. The SMILES string of the molecule is NC(=O)c1cc([N+](=O)[O-])cn(Cc2csc(COc3ccccc3)n2)c1=O. The van der Waals surface area contributed by atoms with Gasteiger partial charge in [-0.15, -0.1) is 11.3 Å². The first-order chi connectivity index (χ1) is 12.9. The maximum atomic E-state index is 12.3. The number of thiazole rings is 1. The topological polar surface area (TPSA) is 130 Å². The third-order valence-electron chi connectivity index (χ3n) is 3.59. The van der Waals surface area contributed by atoms with Crippen molar-refractivity contribution < 1.29 is 14.5 Å². The Morgan fingerprint density at radius 3 is 2.74 bits per heavy atom. The number of hydrogen-bond donors (Lipinski definition) is 1. The van der Waals surface area contributed by atoms with Gasteiger partial charge in [0.05, 0.1) is 23.4 Å². The maximum Gasteiger partial charge on any atom is 0.286 e. The van der Waals surface area contributed by atoms with Gasteiger partial charge >= 0.3 is 0 Å². The van der Waals surface area contributed by atoms with Gasteiger partial charge in [0.15, 0.2) is 0 Å². The highest BCUT2D eigenvalue weighted by molar-refractivity contribution is 7.09. The quantitative estimate of drug-likeness (QED) is 0.488. The molecule has 2 heterocycles. The summed E-state index contributed by atoms with van der Waals surface area (Å²) in [4.78, 5) is 38.4. The van der Waals surface area contributed by atoms with Crippen molar-refractivity contribution in [2.45, 2.75) is 13.2 Å². The number of para-hydroxylation sites is 1. The van der Waals surface area contributed by atoms with E-state index in [0.29, 0.717) is 16.5 Å². The van der Waals surface area contributed by atoms with Crippen LogP contribution >= 0.6 is 11.3 Å². The Morgan fingerprint density at radius 2 is 2.07 bits per heavy atom. The van der Waals surface area contributed by atoms with Gasteiger partial charge in [0.1, 0.15) is 22.9 Å². The highest BCUT2D eigenvalue weighted by Crippen LogP contribution is 2.16. The fourth-order valence-electron chi connectivity index (χ4n) is 2.34. The number of nitrogens with zero attached hydrogens (tertiary/aromatic N) is 3. The molecule has 0 radical (unpaired) electrons. The molecule has 0 unspecified atom stereocenters. The average Bonchev–Trinajstić information content (AvgIpc) is 3.09. The molecule has 3 aromatic rings. The second-order valence-corrected chi connectivity index (χ2v) is 6.44. The summed E-state index contributed by atoms with van der Waals surface area (Å²) in [6, 6.07) is 10.1. The van der Waals surface area contributed by atoms with Crippen LogP contribution in [0.1, 0.15) is 21.1 Å². The van der Waals surface area contributed by atoms with Crippen LogP contribution in [0.3, 0.4) is 0 Å². The first-order valence-corrected chi connectivity index (χ1v) is 8.62. The van der Waals surface area contributed by atoms with E-state index in [1.165, 1.54) is 11.3 Å². The molecule has 0 saturated heterocycles. The molecule has 0 spiro atoms. The molecule has 10 heteroatoms. The van der Waals surface area contributed by atoms with E-state index in [0.717, 1.165) is 16.8 Å². The Kier molecular flexibility index (Phi) is 5.27. The van der Waals surface area contributed by atoms with Gasteiger partial charge in [-0.05, 0) is 12.1 Å². The van der Waals surface area contributed by atoms with Crippen molar-refractivity contribution in [3.8, 4) is 5.75 Å². The van der Waals surface area contributed by atoms with Crippen LogP contribution < -0.4 is 16.0 Å². The Balaban J connectivity index is 1.79. The number of nitrogens with two attached hydrogens (primary N) is 1. The van der Waals surface area contributed by atoms with Gasteiger partial charge in [0.25, 0.3) is 17.2 Å². The number of amides is 1. The standard InChI is InChI=1S/C17H14N4O5S/c18-16(22)14-6-12(21(24)25)8-20(17(14)23)7-11-10-27-15(19-11)9-26-13-4-2-1-3-5-13/h1-6,8,10H,7,9H2,(H2,18,22). The summed E-state index contributed by atoms with van der Waals surface area (Å²) >= 11 is 1.34. The van der Waals surface area contributed by atoms with E-state index in [1.807, 2.05) is 30.3 Å². The molecule has 138 valence electrons. The smallest absolute Gasteiger partial charge is 0.286 e. The minimum atomic E-state index is -1.02. The van der Waals surface area contributed by atoms with Crippen molar-refractivity contribution in [3.63, 3.8) is 0 Å². The van der Waals surface area contributed by atoms with Gasteiger partial charge in [-0.1, -0.05) is 18.2 Å². The lowest BCUT2D eigenvalue weighted by molar-refractivity contribution is -0.385. The van der Waals surface area contributed by atoms with E-state index in [2.05, 4.69) is 4.98 Å². The summed E-state index contributed by atoms with van der Waals surface area (Å²) in [7, 11) is 0. The molecular formula is C17H14N4O5S. The number of aromatic nitrogens is 2. The first-order valence-electron chi connectivity index (χ1n) is 7.74. The van der Waals surface area contributed by atoms with Crippen LogP contribution in [0.25, 0.3) is 0 Å². The number of carbonyl (C=O) groups excluding carboxylic acids is 1. The Bertz CT molecular complexity index is 1040. The molecule has 0 saturated carbocycles. The molecule has 27 heavy (non-hydrogen) atoms. The summed E-state index contributed by atoms with van der Waals surface area (Å²) in [5, 5.41) is 13.4. The van der Waals surface area contributed by atoms with Gasteiger partial charge < -0.3 is 15.0 Å². The van der Waals surface area contributed by atoms with Crippen LogP contribution in [-0.4, -0.2) is 20.4 Å². The lowest BCUT2D eigenvalue weighted by Crippen LogP contribution is -2.30. The number of primary amides is 1. The summed E-state index contributed by atoms with van der Waals surface area (Å²) < 4.78 is 6.66. The highest BCUT2D eigenvalue weighted by Gasteiger charge is 2.18. The van der Waals surface area contributed by atoms with Gasteiger partial charge in [-0.25, -0.2) is 4.98 Å². The van der Waals surface area contributed by atoms with Gasteiger partial charge in [-0.2, -0.15) is 0 Å². The van der Waals surface area contributed by atoms with Crippen LogP contribution in [0.2, 0.25) is 0 Å². The molecule has 0 aliphatic carbocycles. The summed E-state index contributed by atoms with van der Waals surface area (Å²) in [6.45, 7) is 0.230. The lowest BCUT2D eigenvalue weighted by Gasteiger charge is -2.05.